The molecule has 9 nitrogen and oxygen atoms in total. The Bertz CT molecular complexity index is 1720. The number of rotatable bonds is 7. The molecule has 4 fully saturated rings. The lowest BCUT2D eigenvalue weighted by Crippen LogP contribution is -2.52. The first-order valence-corrected chi connectivity index (χ1v) is 17.2. The van der Waals surface area contributed by atoms with Crippen molar-refractivity contribution in [3.63, 3.8) is 0 Å². The van der Waals surface area contributed by atoms with E-state index >= 15 is 4.39 Å². The highest BCUT2D eigenvalue weighted by atomic mass is 19.1. The molecule has 1 saturated carbocycles. The highest BCUT2D eigenvalue weighted by Gasteiger charge is 2.42. The molecule has 3 amide bonds. The van der Waals surface area contributed by atoms with Crippen LogP contribution in [0.5, 0.6) is 5.75 Å². The minimum Gasteiger partial charge on any atom is -0.489 e. The Morgan fingerprint density at radius 2 is 1.79 bits per heavy atom. The number of likely N-dealkylation sites (tertiary alicyclic amines) is 1. The Morgan fingerprint density at radius 1 is 0.957 bits per heavy atom. The van der Waals surface area contributed by atoms with Crippen LogP contribution < -0.4 is 10.1 Å². The quantitative estimate of drug-likeness (QED) is 0.359. The smallest absolute Gasteiger partial charge is 0.255 e. The summed E-state index contributed by atoms with van der Waals surface area (Å²) in [6.45, 7) is 4.03. The molecule has 8 rings (SSSR count). The van der Waals surface area contributed by atoms with E-state index in [0.717, 1.165) is 67.1 Å². The van der Waals surface area contributed by atoms with Gasteiger partial charge in [0.1, 0.15) is 29.2 Å². The van der Waals surface area contributed by atoms with E-state index in [1.54, 1.807) is 17.0 Å². The van der Waals surface area contributed by atoms with Crippen LogP contribution in [0.25, 0.3) is 10.9 Å². The van der Waals surface area contributed by atoms with E-state index in [1.807, 2.05) is 24.3 Å². The van der Waals surface area contributed by atoms with Gasteiger partial charge in [-0.25, -0.2) is 9.37 Å². The predicted molar refractivity (Wildman–Crippen MR) is 172 cm³/mol. The molecule has 1 aromatic heterocycles. The minimum absolute atomic E-state index is 0.0199. The molecule has 3 saturated heterocycles. The molecule has 1 N–H and O–H groups in total. The number of halogens is 1. The number of benzene rings is 2. The monoisotopic (exact) mass is 640 g/mol. The molecule has 0 unspecified atom stereocenters. The van der Waals surface area contributed by atoms with Crippen LogP contribution in [0.1, 0.15) is 84.5 Å². The average Bonchev–Trinajstić information content (AvgIpc) is 3.81. The maximum absolute atomic E-state index is 15.5. The molecule has 246 valence electrons. The second kappa shape index (κ2) is 12.6. The van der Waals surface area contributed by atoms with Crippen LogP contribution in [0.15, 0.2) is 42.5 Å². The second-order valence-corrected chi connectivity index (χ2v) is 14.0. The number of nitrogens with one attached hydrogen (secondary N) is 1. The average molecular weight is 641 g/mol. The maximum atomic E-state index is 15.5. The van der Waals surface area contributed by atoms with Gasteiger partial charge in [0.05, 0.1) is 0 Å². The molecule has 3 aromatic rings. The van der Waals surface area contributed by atoms with Crippen LogP contribution >= 0.6 is 0 Å². The predicted octanol–water partition coefficient (Wildman–Crippen LogP) is 5.10. The van der Waals surface area contributed by atoms with Crippen LogP contribution in [-0.4, -0.2) is 71.0 Å². The van der Waals surface area contributed by atoms with Gasteiger partial charge in [-0.2, -0.15) is 0 Å². The summed E-state index contributed by atoms with van der Waals surface area (Å²) in [6, 6.07) is 12.7. The van der Waals surface area contributed by atoms with Gasteiger partial charge in [-0.05, 0) is 85.5 Å². The Hall–Kier alpha value is -3.89. The standard InChI is InChI=1S/C37H41FN4O5/c38-30-16-22(15-25-5-8-31(39-35(25)30)24-11-13-46-14-12-24)18-41-20-29(23-3-1-2-4-23)33(21-41)47-27-6-7-28-26(17-27)19-42(37(28)45)32-9-10-34(43)40-36(32)44/h5-8,15-17,23-24,29,32-33H,1-4,9-14,18-21H2,(H,40,43,44)/t29-,32-,33+/m0/s1. The van der Waals surface area contributed by atoms with Crippen LogP contribution in [0.4, 0.5) is 4.39 Å². The fraction of sp³-hybridized carbons (Fsp3) is 0.514. The van der Waals surface area contributed by atoms with Gasteiger partial charge in [0.2, 0.25) is 11.8 Å². The molecule has 0 bridgehead atoms. The zero-order chi connectivity index (χ0) is 32.1. The summed E-state index contributed by atoms with van der Waals surface area (Å²) < 4.78 is 27.7. The molecule has 0 radical (unpaired) electrons. The number of aromatic nitrogens is 1. The highest BCUT2D eigenvalue weighted by molar-refractivity contribution is 6.05. The normalized spacial score (nSPS) is 25.9. The van der Waals surface area contributed by atoms with Crippen molar-refractivity contribution >= 4 is 28.6 Å². The van der Waals surface area contributed by atoms with Crippen molar-refractivity contribution in [1.29, 1.82) is 0 Å². The third-order valence-corrected chi connectivity index (χ3v) is 11.0. The number of hydrogen-bond donors (Lipinski definition) is 1. The Labute approximate surface area is 273 Å². The molecule has 0 spiro atoms. The molecular formula is C37H41FN4O5. The molecule has 5 aliphatic rings. The Balaban J connectivity index is 0.976. The molecule has 10 heteroatoms. The van der Waals surface area contributed by atoms with Gasteiger partial charge in [0.15, 0.2) is 0 Å². The van der Waals surface area contributed by atoms with E-state index in [2.05, 4.69) is 16.3 Å². The largest absolute Gasteiger partial charge is 0.489 e. The maximum Gasteiger partial charge on any atom is 0.255 e. The summed E-state index contributed by atoms with van der Waals surface area (Å²) in [7, 11) is 0. The van der Waals surface area contributed by atoms with Crippen LogP contribution in [0.2, 0.25) is 0 Å². The van der Waals surface area contributed by atoms with Crippen molar-refractivity contribution < 1.29 is 28.2 Å². The molecule has 1 aliphatic carbocycles. The zero-order valence-corrected chi connectivity index (χ0v) is 26.6. The molecule has 2 aromatic carbocycles. The summed E-state index contributed by atoms with van der Waals surface area (Å²) in [5.41, 5.74) is 3.74. The SMILES string of the molecule is O=C1CC[C@H](N2Cc3cc(O[C@@H]4CN(Cc5cc(F)c6nc(C7CCOCC7)ccc6c5)C[C@H]4C4CCCC4)ccc3C2=O)C(=O)N1. The van der Waals surface area contributed by atoms with E-state index in [1.165, 1.54) is 25.7 Å². The van der Waals surface area contributed by atoms with Crippen LogP contribution in [0, 0.1) is 17.7 Å². The molecule has 5 heterocycles. The number of nitrogens with zero attached hydrogens (tertiary/aromatic N) is 3. The van der Waals surface area contributed by atoms with Gasteiger partial charge in [-0.3, -0.25) is 24.6 Å². The summed E-state index contributed by atoms with van der Waals surface area (Å²) >= 11 is 0. The lowest BCUT2D eigenvalue weighted by Gasteiger charge is -2.29. The number of imide groups is 1. The summed E-state index contributed by atoms with van der Waals surface area (Å²) in [4.78, 5) is 46.0. The number of ether oxygens (including phenoxy) is 2. The summed E-state index contributed by atoms with van der Waals surface area (Å²) in [6.07, 6.45) is 7.26. The molecular weight excluding hydrogens is 599 g/mol. The minimum atomic E-state index is -0.642. The number of hydrogen-bond acceptors (Lipinski definition) is 7. The number of pyridine rings is 1. The van der Waals surface area contributed by atoms with E-state index in [0.29, 0.717) is 48.3 Å². The third kappa shape index (κ3) is 6.02. The van der Waals surface area contributed by atoms with Crippen molar-refractivity contribution in [2.45, 2.75) is 82.5 Å². The Kier molecular flexibility index (Phi) is 8.17. The fourth-order valence-corrected chi connectivity index (χ4v) is 8.61. The van der Waals surface area contributed by atoms with E-state index < -0.39 is 11.9 Å². The fourth-order valence-electron chi connectivity index (χ4n) is 8.61. The van der Waals surface area contributed by atoms with E-state index in [9.17, 15) is 14.4 Å². The number of carbonyl (C=O) groups is 3. The van der Waals surface area contributed by atoms with E-state index in [4.69, 9.17) is 14.5 Å². The molecule has 47 heavy (non-hydrogen) atoms. The number of piperidine rings is 1. The zero-order valence-electron chi connectivity index (χ0n) is 26.6. The van der Waals surface area contributed by atoms with Crippen molar-refractivity contribution in [3.05, 3.63) is 70.7 Å². The van der Waals surface area contributed by atoms with Crippen LogP contribution in [-0.2, 0) is 27.4 Å². The lowest BCUT2D eigenvalue weighted by atomic mass is 9.88. The van der Waals surface area contributed by atoms with Crippen molar-refractivity contribution in [2.75, 3.05) is 26.3 Å². The lowest BCUT2D eigenvalue weighted by molar-refractivity contribution is -0.136. The first kappa shape index (κ1) is 30.4. The van der Waals surface area contributed by atoms with Gasteiger partial charge in [-0.1, -0.05) is 18.9 Å². The number of amides is 3. The number of fused-ring (bicyclic) bond motifs is 2. The third-order valence-electron chi connectivity index (χ3n) is 11.0. The van der Waals surface area contributed by atoms with Gasteiger partial charge in [0, 0.05) is 74.3 Å². The van der Waals surface area contributed by atoms with E-state index in [-0.39, 0.29) is 30.2 Å². The van der Waals surface area contributed by atoms with Gasteiger partial charge in [-0.15, -0.1) is 0 Å². The van der Waals surface area contributed by atoms with Crippen LogP contribution in [0.3, 0.4) is 0 Å². The summed E-state index contributed by atoms with van der Waals surface area (Å²) in [5, 5.41) is 3.19. The van der Waals surface area contributed by atoms with Crippen molar-refractivity contribution in [2.24, 2.45) is 11.8 Å². The summed E-state index contributed by atoms with van der Waals surface area (Å²) in [5.74, 6) is 0.824. The topological polar surface area (TPSA) is 101 Å². The number of carbonyl (C=O) groups excluding carboxylic acids is 3. The van der Waals surface area contributed by atoms with Crippen molar-refractivity contribution in [3.8, 4) is 5.75 Å². The highest BCUT2D eigenvalue weighted by Crippen LogP contribution is 2.39. The van der Waals surface area contributed by atoms with Gasteiger partial charge in [0.25, 0.3) is 5.91 Å². The molecule has 4 aliphatic heterocycles. The second-order valence-electron chi connectivity index (χ2n) is 14.0. The van der Waals surface area contributed by atoms with Gasteiger partial charge < -0.3 is 14.4 Å². The first-order chi connectivity index (χ1) is 22.9. The Morgan fingerprint density at radius 3 is 2.60 bits per heavy atom. The van der Waals surface area contributed by atoms with Gasteiger partial charge >= 0.3 is 0 Å². The molecule has 3 atom stereocenters. The van der Waals surface area contributed by atoms with Crippen molar-refractivity contribution in [1.82, 2.24) is 20.1 Å². The first-order valence-electron chi connectivity index (χ1n) is 17.2.